The summed E-state index contributed by atoms with van der Waals surface area (Å²) in [6.45, 7) is 3.52. The number of carboxylic acid groups (broad SMARTS) is 1. The van der Waals surface area contributed by atoms with Crippen molar-refractivity contribution in [3.8, 4) is 5.75 Å². The van der Waals surface area contributed by atoms with E-state index in [2.05, 4.69) is 10.6 Å². The number of ether oxygens (including phenoxy) is 1. The van der Waals surface area contributed by atoms with Crippen LogP contribution in [0.2, 0.25) is 0 Å². The van der Waals surface area contributed by atoms with Crippen LogP contribution in [0.4, 0.5) is 4.79 Å². The van der Waals surface area contributed by atoms with E-state index in [1.165, 1.54) is 0 Å². The highest BCUT2D eigenvalue weighted by Crippen LogP contribution is 2.17. The van der Waals surface area contributed by atoms with Gasteiger partial charge in [0.25, 0.3) is 0 Å². The van der Waals surface area contributed by atoms with Gasteiger partial charge in [0, 0.05) is 0 Å². The molecule has 0 spiro atoms. The van der Waals surface area contributed by atoms with Gasteiger partial charge in [0.1, 0.15) is 11.8 Å². The highest BCUT2D eigenvalue weighted by molar-refractivity contribution is 5.82. The fourth-order valence-electron chi connectivity index (χ4n) is 1.71. The first-order valence-corrected chi connectivity index (χ1v) is 6.41. The van der Waals surface area contributed by atoms with E-state index in [1.54, 1.807) is 26.2 Å². The molecule has 2 amide bonds. The van der Waals surface area contributed by atoms with Crippen molar-refractivity contribution < 1.29 is 19.4 Å². The van der Waals surface area contributed by atoms with E-state index in [1.807, 2.05) is 19.1 Å². The third-order valence-corrected chi connectivity index (χ3v) is 2.98. The van der Waals surface area contributed by atoms with Crippen LogP contribution in [0.15, 0.2) is 24.3 Å². The Balaban J connectivity index is 2.58. The molecule has 2 atom stereocenters. The summed E-state index contributed by atoms with van der Waals surface area (Å²) in [5.41, 5.74) is 0.907. The molecule has 0 bridgehead atoms. The van der Waals surface area contributed by atoms with Gasteiger partial charge in [-0.05, 0) is 31.0 Å². The Kier molecular flexibility index (Phi) is 5.83. The summed E-state index contributed by atoms with van der Waals surface area (Å²) >= 11 is 0. The number of hydrogen-bond acceptors (Lipinski definition) is 3. The van der Waals surface area contributed by atoms with Crippen molar-refractivity contribution >= 4 is 12.0 Å². The molecule has 1 aromatic rings. The number of carbonyl (C=O) groups excluding carboxylic acids is 1. The minimum atomic E-state index is -1.04. The zero-order chi connectivity index (χ0) is 15.1. The molecular formula is C14H20N2O4. The van der Waals surface area contributed by atoms with Gasteiger partial charge >= 0.3 is 12.0 Å². The molecule has 6 heteroatoms. The van der Waals surface area contributed by atoms with E-state index in [-0.39, 0.29) is 6.04 Å². The van der Waals surface area contributed by atoms with Crippen LogP contribution in [0.3, 0.4) is 0 Å². The lowest BCUT2D eigenvalue weighted by molar-refractivity contribution is -0.139. The van der Waals surface area contributed by atoms with Crippen molar-refractivity contribution in [1.29, 1.82) is 0 Å². The van der Waals surface area contributed by atoms with Crippen LogP contribution in [0.5, 0.6) is 5.75 Å². The Hall–Kier alpha value is -2.24. The first kappa shape index (κ1) is 15.8. The van der Waals surface area contributed by atoms with Crippen LogP contribution in [0.1, 0.15) is 31.9 Å². The van der Waals surface area contributed by atoms with Crippen molar-refractivity contribution in [2.45, 2.75) is 32.4 Å². The number of aliphatic carboxylic acids is 1. The van der Waals surface area contributed by atoms with Crippen molar-refractivity contribution in [2.24, 2.45) is 0 Å². The van der Waals surface area contributed by atoms with E-state index in [0.717, 1.165) is 11.3 Å². The number of rotatable bonds is 6. The average Bonchev–Trinajstić information content (AvgIpc) is 2.44. The van der Waals surface area contributed by atoms with Crippen LogP contribution in [0.25, 0.3) is 0 Å². The second-order valence-electron chi connectivity index (χ2n) is 4.41. The lowest BCUT2D eigenvalue weighted by atomic mass is 10.1. The molecule has 0 aliphatic carbocycles. The molecule has 0 saturated heterocycles. The first-order chi connectivity index (χ1) is 9.47. The molecule has 3 N–H and O–H groups in total. The Labute approximate surface area is 118 Å². The van der Waals surface area contributed by atoms with Crippen molar-refractivity contribution in [3.05, 3.63) is 29.8 Å². The third kappa shape index (κ3) is 4.46. The van der Waals surface area contributed by atoms with Crippen molar-refractivity contribution in [3.63, 3.8) is 0 Å². The maximum atomic E-state index is 11.7. The Morgan fingerprint density at radius 3 is 2.30 bits per heavy atom. The molecule has 110 valence electrons. The summed E-state index contributed by atoms with van der Waals surface area (Å²) in [7, 11) is 1.58. The van der Waals surface area contributed by atoms with Gasteiger partial charge in [-0.1, -0.05) is 19.1 Å². The predicted octanol–water partition coefficient (Wildman–Crippen LogP) is 1.92. The van der Waals surface area contributed by atoms with Gasteiger partial charge in [0.2, 0.25) is 0 Å². The Morgan fingerprint density at radius 2 is 1.85 bits per heavy atom. The quantitative estimate of drug-likeness (QED) is 0.743. The van der Waals surface area contributed by atoms with E-state index in [4.69, 9.17) is 9.84 Å². The van der Waals surface area contributed by atoms with Crippen LogP contribution < -0.4 is 15.4 Å². The molecule has 0 saturated carbocycles. The lowest BCUT2D eigenvalue weighted by Crippen LogP contribution is -2.46. The van der Waals surface area contributed by atoms with Crippen molar-refractivity contribution in [1.82, 2.24) is 10.6 Å². The number of nitrogens with one attached hydrogen (secondary N) is 2. The molecule has 2 unspecified atom stereocenters. The van der Waals surface area contributed by atoms with E-state index in [9.17, 15) is 9.59 Å². The van der Waals surface area contributed by atoms with E-state index < -0.39 is 18.0 Å². The minimum absolute atomic E-state index is 0.229. The van der Waals surface area contributed by atoms with Crippen LogP contribution in [0, 0.1) is 0 Å². The summed E-state index contributed by atoms with van der Waals surface area (Å²) < 4.78 is 5.06. The van der Waals surface area contributed by atoms with E-state index >= 15 is 0 Å². The largest absolute Gasteiger partial charge is 0.497 e. The summed E-state index contributed by atoms with van der Waals surface area (Å²) in [5, 5.41) is 14.0. The van der Waals surface area contributed by atoms with Gasteiger partial charge in [-0.2, -0.15) is 0 Å². The number of amides is 2. The average molecular weight is 280 g/mol. The fraction of sp³-hybridized carbons (Fsp3) is 0.429. The SMILES string of the molecule is CCC(NC(=O)NC(C)c1ccc(OC)cc1)C(=O)O. The second-order valence-corrected chi connectivity index (χ2v) is 4.41. The molecule has 0 aliphatic heterocycles. The van der Waals surface area contributed by atoms with Crippen LogP contribution >= 0.6 is 0 Å². The molecule has 20 heavy (non-hydrogen) atoms. The van der Waals surface area contributed by atoms with Gasteiger partial charge in [-0.25, -0.2) is 9.59 Å². The number of carbonyl (C=O) groups is 2. The standard InChI is InChI=1S/C14H20N2O4/c1-4-12(13(17)18)16-14(19)15-9(2)10-5-7-11(20-3)8-6-10/h5-9,12H,4H2,1-3H3,(H,17,18)(H2,15,16,19). The first-order valence-electron chi connectivity index (χ1n) is 6.41. The van der Waals surface area contributed by atoms with Gasteiger partial charge in [-0.3, -0.25) is 0 Å². The van der Waals surface area contributed by atoms with Crippen molar-refractivity contribution in [2.75, 3.05) is 7.11 Å². The molecular weight excluding hydrogens is 260 g/mol. The molecule has 0 radical (unpaired) electrons. The van der Waals surface area contributed by atoms with Gasteiger partial charge in [0.05, 0.1) is 13.2 Å². The zero-order valence-corrected chi connectivity index (χ0v) is 11.8. The fourth-order valence-corrected chi connectivity index (χ4v) is 1.71. The molecule has 1 rings (SSSR count). The summed E-state index contributed by atoms with van der Waals surface area (Å²) in [6.07, 6.45) is 0.333. The summed E-state index contributed by atoms with van der Waals surface area (Å²) in [4.78, 5) is 22.5. The van der Waals surface area contributed by atoms with Crippen LogP contribution in [-0.4, -0.2) is 30.3 Å². The van der Waals surface area contributed by atoms with Crippen LogP contribution in [-0.2, 0) is 4.79 Å². The monoisotopic (exact) mass is 280 g/mol. The zero-order valence-electron chi connectivity index (χ0n) is 11.8. The number of benzene rings is 1. The second kappa shape index (κ2) is 7.37. The Bertz CT molecular complexity index is 459. The number of carboxylic acids is 1. The highest BCUT2D eigenvalue weighted by atomic mass is 16.5. The van der Waals surface area contributed by atoms with Gasteiger partial charge < -0.3 is 20.5 Å². The lowest BCUT2D eigenvalue weighted by Gasteiger charge is -2.18. The summed E-state index contributed by atoms with van der Waals surface area (Å²) in [6, 6.07) is 5.69. The van der Waals surface area contributed by atoms with Gasteiger partial charge in [0.15, 0.2) is 0 Å². The maximum absolute atomic E-state index is 11.7. The molecule has 1 aromatic carbocycles. The smallest absolute Gasteiger partial charge is 0.326 e. The normalized spacial score (nSPS) is 13.2. The van der Waals surface area contributed by atoms with Gasteiger partial charge in [-0.15, -0.1) is 0 Å². The highest BCUT2D eigenvalue weighted by Gasteiger charge is 2.18. The molecule has 0 fully saturated rings. The maximum Gasteiger partial charge on any atom is 0.326 e. The molecule has 6 nitrogen and oxygen atoms in total. The molecule has 0 heterocycles. The number of methoxy groups -OCH3 is 1. The van der Waals surface area contributed by atoms with E-state index in [0.29, 0.717) is 6.42 Å². The Morgan fingerprint density at radius 1 is 1.25 bits per heavy atom. The number of hydrogen-bond donors (Lipinski definition) is 3. The topological polar surface area (TPSA) is 87.7 Å². The third-order valence-electron chi connectivity index (χ3n) is 2.98. The number of urea groups is 1. The molecule has 0 aromatic heterocycles. The molecule has 0 aliphatic rings. The predicted molar refractivity (Wildman–Crippen MR) is 74.8 cm³/mol. The minimum Gasteiger partial charge on any atom is -0.497 e. The summed E-state index contributed by atoms with van der Waals surface area (Å²) in [5.74, 6) is -0.304.